The summed E-state index contributed by atoms with van der Waals surface area (Å²) in [6.07, 6.45) is 1.02. The van der Waals surface area contributed by atoms with Crippen LogP contribution in [-0.2, 0) is 14.8 Å². The van der Waals surface area contributed by atoms with E-state index in [1.807, 2.05) is 0 Å². The van der Waals surface area contributed by atoms with Gasteiger partial charge in [0.25, 0.3) is 0 Å². The number of anilines is 2. The molecule has 10 heteroatoms. The number of carbonyl (C=O) groups is 1. The molecule has 0 saturated heterocycles. The maximum absolute atomic E-state index is 12.9. The highest BCUT2D eigenvalue weighted by Gasteiger charge is 2.32. The number of ether oxygens (including phenoxy) is 4. The van der Waals surface area contributed by atoms with E-state index in [0.29, 0.717) is 22.9 Å². The van der Waals surface area contributed by atoms with E-state index >= 15 is 0 Å². The Morgan fingerprint density at radius 2 is 1.50 bits per heavy atom. The van der Waals surface area contributed by atoms with Gasteiger partial charge in [-0.2, -0.15) is 0 Å². The van der Waals surface area contributed by atoms with Crippen molar-refractivity contribution in [1.29, 1.82) is 0 Å². The summed E-state index contributed by atoms with van der Waals surface area (Å²) in [5.74, 6) is 1.09. The minimum absolute atomic E-state index is 0.189. The van der Waals surface area contributed by atoms with Crippen LogP contribution in [0.25, 0.3) is 0 Å². The van der Waals surface area contributed by atoms with Crippen molar-refractivity contribution in [2.45, 2.75) is 13.0 Å². The van der Waals surface area contributed by atoms with Crippen molar-refractivity contribution in [1.82, 2.24) is 0 Å². The van der Waals surface area contributed by atoms with Crippen molar-refractivity contribution in [2.75, 3.05) is 44.3 Å². The largest absolute Gasteiger partial charge is 0.497 e. The van der Waals surface area contributed by atoms with Crippen LogP contribution in [0, 0.1) is 0 Å². The van der Waals surface area contributed by atoms with Crippen molar-refractivity contribution >= 4 is 27.3 Å². The molecule has 2 aromatic rings. The van der Waals surface area contributed by atoms with Gasteiger partial charge in [0.05, 0.1) is 40.4 Å². The minimum atomic E-state index is -3.84. The van der Waals surface area contributed by atoms with Crippen LogP contribution < -0.4 is 28.6 Å². The third kappa shape index (κ3) is 5.07. The van der Waals surface area contributed by atoms with Gasteiger partial charge in [-0.15, -0.1) is 0 Å². The van der Waals surface area contributed by atoms with Gasteiger partial charge in [0, 0.05) is 17.8 Å². The molecule has 1 atom stereocenters. The molecule has 0 aromatic heterocycles. The topological polar surface area (TPSA) is 103 Å². The number of rotatable bonds is 9. The number of methoxy groups -OCH3 is 4. The van der Waals surface area contributed by atoms with E-state index in [9.17, 15) is 13.2 Å². The number of nitrogens with zero attached hydrogens (tertiary/aromatic N) is 1. The van der Waals surface area contributed by atoms with E-state index in [-0.39, 0.29) is 11.4 Å². The molecule has 9 nitrogen and oxygen atoms in total. The van der Waals surface area contributed by atoms with Crippen LogP contribution in [0.3, 0.4) is 0 Å². The number of benzene rings is 2. The lowest BCUT2D eigenvalue weighted by Gasteiger charge is -2.29. The zero-order chi connectivity index (χ0) is 22.5. The molecule has 2 aromatic carbocycles. The Morgan fingerprint density at radius 3 is 2.03 bits per heavy atom. The van der Waals surface area contributed by atoms with Gasteiger partial charge >= 0.3 is 0 Å². The standard InChI is InChI=1S/C20H26N2O7S/c1-13(20(23)21-14-7-9-18(28-4)19(11-14)29-5)22(30(6,24)25)16-12-15(26-2)8-10-17(16)27-3/h7-13H,1-6H3,(H,21,23)/t13-/m0/s1. The Labute approximate surface area is 176 Å². The van der Waals surface area contributed by atoms with Crippen molar-refractivity contribution < 1.29 is 32.2 Å². The lowest BCUT2D eigenvalue weighted by Crippen LogP contribution is -2.45. The number of nitrogens with one attached hydrogen (secondary N) is 1. The monoisotopic (exact) mass is 438 g/mol. The molecular formula is C20H26N2O7S. The Morgan fingerprint density at radius 1 is 0.900 bits per heavy atom. The lowest BCUT2D eigenvalue weighted by atomic mass is 10.2. The predicted molar refractivity (Wildman–Crippen MR) is 115 cm³/mol. The molecule has 2 rings (SSSR count). The second-order valence-electron chi connectivity index (χ2n) is 6.33. The number of hydrogen-bond donors (Lipinski definition) is 1. The smallest absolute Gasteiger partial charge is 0.247 e. The Hall–Kier alpha value is -3.14. The van der Waals surface area contributed by atoms with Gasteiger partial charge in [0.1, 0.15) is 17.5 Å². The third-order valence-corrected chi connectivity index (χ3v) is 5.59. The van der Waals surface area contributed by atoms with E-state index in [1.54, 1.807) is 30.3 Å². The molecule has 0 spiro atoms. The fraction of sp³-hybridized carbons (Fsp3) is 0.350. The zero-order valence-corrected chi connectivity index (χ0v) is 18.6. The predicted octanol–water partition coefficient (Wildman–Crippen LogP) is 2.51. The summed E-state index contributed by atoms with van der Waals surface area (Å²) in [4.78, 5) is 12.9. The summed E-state index contributed by atoms with van der Waals surface area (Å²) in [5, 5.41) is 2.70. The van der Waals surface area contributed by atoms with Crippen LogP contribution in [0.5, 0.6) is 23.0 Å². The fourth-order valence-electron chi connectivity index (χ4n) is 2.91. The number of amides is 1. The zero-order valence-electron chi connectivity index (χ0n) is 17.8. The molecular weight excluding hydrogens is 412 g/mol. The first-order valence-corrected chi connectivity index (χ1v) is 10.7. The molecule has 0 aliphatic rings. The maximum atomic E-state index is 12.9. The van der Waals surface area contributed by atoms with Crippen LogP contribution in [0.15, 0.2) is 36.4 Å². The molecule has 1 N–H and O–H groups in total. The quantitative estimate of drug-likeness (QED) is 0.642. The Kier molecular flexibility index (Phi) is 7.38. The number of sulfonamides is 1. The normalized spacial score (nSPS) is 11.9. The molecule has 0 bridgehead atoms. The second-order valence-corrected chi connectivity index (χ2v) is 8.19. The van der Waals surface area contributed by atoms with Gasteiger partial charge in [-0.1, -0.05) is 0 Å². The van der Waals surface area contributed by atoms with E-state index in [1.165, 1.54) is 41.4 Å². The average Bonchev–Trinajstić information content (AvgIpc) is 2.72. The number of hydrogen-bond acceptors (Lipinski definition) is 7. The summed E-state index contributed by atoms with van der Waals surface area (Å²) < 4.78 is 47.1. The molecule has 0 aliphatic heterocycles. The van der Waals surface area contributed by atoms with Gasteiger partial charge in [0.15, 0.2) is 11.5 Å². The summed E-state index contributed by atoms with van der Waals surface area (Å²) >= 11 is 0. The summed E-state index contributed by atoms with van der Waals surface area (Å²) in [5.41, 5.74) is 0.616. The highest BCUT2D eigenvalue weighted by molar-refractivity contribution is 7.92. The van der Waals surface area contributed by atoms with Crippen LogP contribution in [0.1, 0.15) is 6.92 Å². The van der Waals surface area contributed by atoms with Gasteiger partial charge in [-0.25, -0.2) is 8.42 Å². The first-order valence-electron chi connectivity index (χ1n) is 8.90. The first kappa shape index (κ1) is 23.1. The molecule has 0 heterocycles. The number of carbonyl (C=O) groups excluding carboxylic acids is 1. The average molecular weight is 439 g/mol. The Bertz CT molecular complexity index is 1010. The maximum Gasteiger partial charge on any atom is 0.247 e. The molecule has 0 unspecified atom stereocenters. The molecule has 0 radical (unpaired) electrons. The van der Waals surface area contributed by atoms with E-state index in [4.69, 9.17) is 18.9 Å². The molecule has 164 valence electrons. The first-order chi connectivity index (χ1) is 14.2. The second kappa shape index (κ2) is 9.57. The lowest BCUT2D eigenvalue weighted by molar-refractivity contribution is -0.116. The van der Waals surface area contributed by atoms with E-state index in [2.05, 4.69) is 5.32 Å². The highest BCUT2D eigenvalue weighted by atomic mass is 32.2. The molecule has 1 amide bonds. The van der Waals surface area contributed by atoms with Crippen LogP contribution in [0.2, 0.25) is 0 Å². The molecule has 0 saturated carbocycles. The van der Waals surface area contributed by atoms with Crippen LogP contribution in [-0.4, -0.2) is 55.1 Å². The van der Waals surface area contributed by atoms with Crippen LogP contribution >= 0.6 is 0 Å². The third-order valence-electron chi connectivity index (χ3n) is 4.36. The Balaban J connectivity index is 2.41. The summed E-state index contributed by atoms with van der Waals surface area (Å²) in [6, 6.07) is 8.47. The van der Waals surface area contributed by atoms with Crippen LogP contribution in [0.4, 0.5) is 11.4 Å². The van der Waals surface area contributed by atoms with E-state index < -0.39 is 22.0 Å². The van der Waals surface area contributed by atoms with Crippen molar-refractivity contribution in [3.05, 3.63) is 36.4 Å². The fourth-order valence-corrected chi connectivity index (χ4v) is 4.08. The summed E-state index contributed by atoms with van der Waals surface area (Å²) in [7, 11) is 2.02. The SMILES string of the molecule is COc1ccc(OC)c(N([C@@H](C)C(=O)Nc2ccc(OC)c(OC)c2)S(C)(=O)=O)c1. The molecule has 0 fully saturated rings. The van der Waals surface area contributed by atoms with E-state index in [0.717, 1.165) is 10.6 Å². The molecule has 30 heavy (non-hydrogen) atoms. The van der Waals surface area contributed by atoms with Crippen molar-refractivity contribution in [3.8, 4) is 23.0 Å². The van der Waals surface area contributed by atoms with Gasteiger partial charge in [0.2, 0.25) is 15.9 Å². The summed E-state index contributed by atoms with van der Waals surface area (Å²) in [6.45, 7) is 1.48. The molecule has 0 aliphatic carbocycles. The van der Waals surface area contributed by atoms with Crippen molar-refractivity contribution in [2.24, 2.45) is 0 Å². The van der Waals surface area contributed by atoms with Gasteiger partial charge in [-0.3, -0.25) is 9.10 Å². The minimum Gasteiger partial charge on any atom is -0.497 e. The van der Waals surface area contributed by atoms with Gasteiger partial charge < -0.3 is 24.3 Å². The highest BCUT2D eigenvalue weighted by Crippen LogP contribution is 2.35. The van der Waals surface area contributed by atoms with Crippen molar-refractivity contribution in [3.63, 3.8) is 0 Å². The van der Waals surface area contributed by atoms with Gasteiger partial charge in [-0.05, 0) is 31.2 Å².